The van der Waals surface area contributed by atoms with Crippen molar-refractivity contribution < 1.29 is 9.53 Å². The van der Waals surface area contributed by atoms with Gasteiger partial charge in [0, 0.05) is 32.2 Å². The Morgan fingerprint density at radius 2 is 1.97 bits per heavy atom. The van der Waals surface area contributed by atoms with E-state index in [-0.39, 0.29) is 11.9 Å². The molecule has 30 heavy (non-hydrogen) atoms. The molecular weight excluding hydrogens is 398 g/mol. The number of aromatic nitrogens is 2. The number of nitrogens with zero attached hydrogens (tertiary/aromatic N) is 4. The molecule has 1 aromatic heterocycles. The fraction of sp³-hybridized carbons (Fsp3) is 0.409. The van der Waals surface area contributed by atoms with Crippen molar-refractivity contribution in [2.45, 2.75) is 19.5 Å². The van der Waals surface area contributed by atoms with Crippen molar-refractivity contribution in [2.24, 2.45) is 0 Å². The lowest BCUT2D eigenvalue weighted by Crippen LogP contribution is -2.47. The molecule has 1 fully saturated rings. The molecule has 2 aromatic carbocycles. The van der Waals surface area contributed by atoms with Crippen molar-refractivity contribution in [1.82, 2.24) is 18.5 Å². The number of benzene rings is 2. The molecule has 0 bridgehead atoms. The maximum Gasteiger partial charge on any atom is 0.238 e. The normalized spacial score (nSPS) is 16.1. The minimum absolute atomic E-state index is 0.0414. The first-order valence-electron chi connectivity index (χ1n) is 10.3. The number of ether oxygens (including phenoxy) is 1. The van der Waals surface area contributed by atoms with E-state index in [4.69, 9.17) is 4.74 Å². The number of anilines is 1. The predicted octanol–water partition coefficient (Wildman–Crippen LogP) is 2.85. The second kappa shape index (κ2) is 10.1. The average molecular weight is 426 g/mol. The molecule has 0 aliphatic carbocycles. The monoisotopic (exact) mass is 425 g/mol. The number of hydrogen-bond donors (Lipinski definition) is 1. The van der Waals surface area contributed by atoms with E-state index in [0.717, 1.165) is 62.2 Å². The predicted molar refractivity (Wildman–Crippen MR) is 120 cm³/mol. The zero-order chi connectivity index (χ0) is 20.8. The molecule has 0 radical (unpaired) electrons. The van der Waals surface area contributed by atoms with Crippen LogP contribution in [0.25, 0.3) is 11.0 Å². The van der Waals surface area contributed by atoms with Crippen LogP contribution in [-0.2, 0) is 16.1 Å². The second-order valence-corrected chi connectivity index (χ2v) is 8.17. The number of carbonyl (C=O) groups excluding carboxylic acids is 1. The smallest absolute Gasteiger partial charge is 0.238 e. The van der Waals surface area contributed by atoms with Gasteiger partial charge in [-0.05, 0) is 24.6 Å². The molecule has 1 N–H and O–H groups in total. The summed E-state index contributed by atoms with van der Waals surface area (Å²) >= 11 is 1.16. The van der Waals surface area contributed by atoms with Crippen LogP contribution >= 0.6 is 11.7 Å². The molecule has 7 nitrogen and oxygen atoms in total. The molecule has 158 valence electrons. The van der Waals surface area contributed by atoms with Gasteiger partial charge < -0.3 is 10.1 Å². The molecule has 1 unspecified atom stereocenters. The first-order chi connectivity index (χ1) is 14.7. The SMILES string of the molecule is CC(CN1CCOCC1)N(CC(=O)Nc1cccc2nsnc12)Cc1ccccc1. The van der Waals surface area contributed by atoms with Crippen LogP contribution in [0.2, 0.25) is 0 Å². The molecular formula is C22H27N5O2S. The fourth-order valence-electron chi connectivity index (χ4n) is 3.74. The molecule has 0 spiro atoms. The number of morpholine rings is 1. The molecule has 1 atom stereocenters. The van der Waals surface area contributed by atoms with Gasteiger partial charge >= 0.3 is 0 Å². The van der Waals surface area contributed by atoms with Gasteiger partial charge in [-0.15, -0.1) is 0 Å². The van der Waals surface area contributed by atoms with Gasteiger partial charge in [-0.3, -0.25) is 14.6 Å². The van der Waals surface area contributed by atoms with Crippen LogP contribution in [0.5, 0.6) is 0 Å². The van der Waals surface area contributed by atoms with Crippen molar-refractivity contribution in [2.75, 3.05) is 44.7 Å². The molecule has 1 aliphatic heterocycles. The van der Waals surface area contributed by atoms with Crippen molar-refractivity contribution >= 4 is 34.4 Å². The second-order valence-electron chi connectivity index (χ2n) is 7.64. The molecule has 0 saturated carbocycles. The number of rotatable bonds is 8. The highest BCUT2D eigenvalue weighted by Crippen LogP contribution is 2.21. The maximum absolute atomic E-state index is 12.9. The Morgan fingerprint density at radius 3 is 2.77 bits per heavy atom. The highest BCUT2D eigenvalue weighted by molar-refractivity contribution is 7.00. The van der Waals surface area contributed by atoms with Gasteiger partial charge in [0.15, 0.2) is 0 Å². The molecule has 8 heteroatoms. The van der Waals surface area contributed by atoms with Crippen LogP contribution in [0.15, 0.2) is 48.5 Å². The van der Waals surface area contributed by atoms with Crippen LogP contribution in [-0.4, -0.2) is 69.9 Å². The Hall–Kier alpha value is -2.39. The minimum Gasteiger partial charge on any atom is -0.379 e. The Bertz CT molecular complexity index is 958. The number of hydrogen-bond acceptors (Lipinski definition) is 7. The van der Waals surface area contributed by atoms with E-state index in [9.17, 15) is 4.79 Å². The Balaban J connectivity index is 1.45. The Kier molecular flexibility index (Phi) is 7.01. The summed E-state index contributed by atoms with van der Waals surface area (Å²) in [5, 5.41) is 3.04. The molecule has 3 aromatic rings. The summed E-state index contributed by atoms with van der Waals surface area (Å²) in [7, 11) is 0. The van der Waals surface area contributed by atoms with Gasteiger partial charge in [0.2, 0.25) is 5.91 Å². The van der Waals surface area contributed by atoms with Crippen LogP contribution in [0.1, 0.15) is 12.5 Å². The van der Waals surface area contributed by atoms with Gasteiger partial charge in [-0.25, -0.2) is 0 Å². The van der Waals surface area contributed by atoms with E-state index in [1.165, 1.54) is 5.56 Å². The summed E-state index contributed by atoms with van der Waals surface area (Å²) in [5.41, 5.74) is 3.46. The largest absolute Gasteiger partial charge is 0.379 e. The third-order valence-corrected chi connectivity index (χ3v) is 5.93. The first kappa shape index (κ1) is 20.9. The highest BCUT2D eigenvalue weighted by atomic mass is 32.1. The van der Waals surface area contributed by atoms with Crippen molar-refractivity contribution in [3.63, 3.8) is 0 Å². The fourth-order valence-corrected chi connectivity index (χ4v) is 4.29. The number of carbonyl (C=O) groups is 1. The zero-order valence-corrected chi connectivity index (χ0v) is 18.0. The third-order valence-electron chi connectivity index (χ3n) is 5.38. The molecule has 2 heterocycles. The van der Waals surface area contributed by atoms with Crippen molar-refractivity contribution in [3.05, 3.63) is 54.1 Å². The van der Waals surface area contributed by atoms with Gasteiger partial charge in [-0.1, -0.05) is 36.4 Å². The Labute approximate surface area is 181 Å². The summed E-state index contributed by atoms with van der Waals surface area (Å²) in [5.74, 6) is -0.0414. The van der Waals surface area contributed by atoms with Crippen LogP contribution < -0.4 is 5.32 Å². The van der Waals surface area contributed by atoms with Gasteiger partial charge in [0.1, 0.15) is 11.0 Å². The average Bonchev–Trinajstić information content (AvgIpc) is 3.25. The van der Waals surface area contributed by atoms with Crippen LogP contribution in [0, 0.1) is 0 Å². The highest BCUT2D eigenvalue weighted by Gasteiger charge is 2.22. The number of amides is 1. The van der Waals surface area contributed by atoms with Crippen molar-refractivity contribution in [1.29, 1.82) is 0 Å². The topological polar surface area (TPSA) is 70.6 Å². The summed E-state index contributed by atoms with van der Waals surface area (Å²) in [6.45, 7) is 7.57. The lowest BCUT2D eigenvalue weighted by Gasteiger charge is -2.34. The van der Waals surface area contributed by atoms with E-state index >= 15 is 0 Å². The lowest BCUT2D eigenvalue weighted by molar-refractivity contribution is -0.118. The van der Waals surface area contributed by atoms with E-state index in [1.54, 1.807) is 0 Å². The van der Waals surface area contributed by atoms with E-state index in [0.29, 0.717) is 12.2 Å². The maximum atomic E-state index is 12.9. The molecule has 4 rings (SSSR count). The quantitative estimate of drug-likeness (QED) is 0.599. The number of fused-ring (bicyclic) bond motifs is 1. The first-order valence-corrected chi connectivity index (χ1v) is 11.0. The van der Waals surface area contributed by atoms with Crippen LogP contribution in [0.3, 0.4) is 0 Å². The number of nitrogens with one attached hydrogen (secondary N) is 1. The van der Waals surface area contributed by atoms with Gasteiger partial charge in [0.25, 0.3) is 0 Å². The van der Waals surface area contributed by atoms with E-state index in [1.807, 2.05) is 36.4 Å². The lowest BCUT2D eigenvalue weighted by atomic mass is 10.1. The van der Waals surface area contributed by atoms with E-state index in [2.05, 4.69) is 42.9 Å². The molecule has 1 saturated heterocycles. The van der Waals surface area contributed by atoms with Gasteiger partial charge in [0.05, 0.1) is 37.2 Å². The third kappa shape index (κ3) is 5.40. The minimum atomic E-state index is -0.0414. The molecule has 1 amide bonds. The summed E-state index contributed by atoms with van der Waals surface area (Å²) < 4.78 is 14.0. The van der Waals surface area contributed by atoms with Crippen LogP contribution in [0.4, 0.5) is 5.69 Å². The summed E-state index contributed by atoms with van der Waals surface area (Å²) in [6, 6.07) is 16.2. The van der Waals surface area contributed by atoms with Gasteiger partial charge in [-0.2, -0.15) is 8.75 Å². The summed E-state index contributed by atoms with van der Waals surface area (Å²) in [6.07, 6.45) is 0. The Morgan fingerprint density at radius 1 is 1.17 bits per heavy atom. The van der Waals surface area contributed by atoms with E-state index < -0.39 is 0 Å². The van der Waals surface area contributed by atoms with Crippen molar-refractivity contribution in [3.8, 4) is 0 Å². The standard InChI is InChI=1S/C22H27N5O2S/c1-17(14-26-10-12-29-13-11-26)27(15-18-6-3-2-4-7-18)16-21(28)23-19-8-5-9-20-22(19)25-30-24-20/h2-9,17H,10-16H2,1H3,(H,23,28). The molecule has 1 aliphatic rings. The zero-order valence-electron chi connectivity index (χ0n) is 17.2. The summed E-state index contributed by atoms with van der Waals surface area (Å²) in [4.78, 5) is 17.6.